The monoisotopic (exact) mass is 1950 g/mol. The number of nitrogens with two attached hydrogens (primary N) is 5. The van der Waals surface area contributed by atoms with E-state index in [4.69, 9.17) is 127 Å². The number of rotatable bonds is 11. The highest BCUT2D eigenvalue weighted by Crippen LogP contribution is 2.52. The van der Waals surface area contributed by atoms with E-state index in [1.165, 1.54) is 38.5 Å². The predicted molar refractivity (Wildman–Crippen MR) is 526 cm³/mol. The largest absolute Gasteiger partial charge is 0.473 e. The molecule has 27 rings (SSSR count). The van der Waals surface area contributed by atoms with Gasteiger partial charge in [-0.2, -0.15) is 4.98 Å². The molecule has 4 saturated heterocycles. The first kappa shape index (κ1) is 92.7. The third kappa shape index (κ3) is 17.0. The Morgan fingerprint density at radius 3 is 0.993 bits per heavy atom. The van der Waals surface area contributed by atoms with Gasteiger partial charge in [-0.05, 0) is 172 Å². The molecule has 744 valence electrons. The topological polar surface area (TPSA) is 542 Å². The van der Waals surface area contributed by atoms with Crippen molar-refractivity contribution in [2.45, 2.75) is 276 Å². The second-order valence-corrected chi connectivity index (χ2v) is 41.6. The molecule has 12 aliphatic rings. The molecule has 7 fully saturated rings. The Bertz CT molecular complexity index is 7230. The average molecular weight is 1950 g/mol. The van der Waals surface area contributed by atoms with Gasteiger partial charge in [-0.1, -0.05) is 0 Å². The molecule has 0 spiro atoms. The maximum atomic E-state index is 14.4. The lowest BCUT2D eigenvalue weighted by Gasteiger charge is -2.30. The number of fused-ring (bicyclic) bond motifs is 18. The van der Waals surface area contributed by atoms with Crippen LogP contribution in [0.25, 0.3) is 113 Å². The van der Waals surface area contributed by atoms with Crippen molar-refractivity contribution in [1.29, 1.82) is 0 Å². The molecule has 3 aliphatic carbocycles. The number of halogens is 2. The minimum Gasteiger partial charge on any atom is -0.473 e. The summed E-state index contributed by atoms with van der Waals surface area (Å²) in [4.78, 5) is 121. The lowest BCUT2D eigenvalue weighted by Crippen LogP contribution is -2.33. The molecule has 0 unspecified atom stereocenters. The number of nitrogens with zero attached hydrogens (tertiary/aromatic N) is 33. The Labute approximate surface area is 820 Å². The van der Waals surface area contributed by atoms with Gasteiger partial charge < -0.3 is 94.6 Å². The van der Waals surface area contributed by atoms with E-state index in [0.717, 1.165) is 154 Å². The molecule has 24 heterocycles. The molecule has 10 N–H and O–H groups in total. The molecular weight excluding hydrogens is 1830 g/mol. The summed E-state index contributed by atoms with van der Waals surface area (Å²) >= 11 is 0. The summed E-state index contributed by atoms with van der Waals surface area (Å²) in [6, 6.07) is 1.86. The zero-order valence-electron chi connectivity index (χ0n) is 82.1. The smallest absolute Gasteiger partial charge is 0.252 e. The van der Waals surface area contributed by atoms with Crippen molar-refractivity contribution in [3.8, 4) is 62.8 Å². The van der Waals surface area contributed by atoms with Crippen LogP contribution in [0.4, 0.5) is 56.0 Å². The normalized spacial score (nSPS) is 22.7. The Morgan fingerprint density at radius 2 is 0.636 bits per heavy atom. The maximum absolute atomic E-state index is 14.4. The van der Waals surface area contributed by atoms with Gasteiger partial charge in [0.25, 0.3) is 5.92 Å². The average Bonchev–Trinajstić information content (AvgIpc) is 1.59. The second-order valence-electron chi connectivity index (χ2n) is 41.6. The summed E-state index contributed by atoms with van der Waals surface area (Å²) in [5.41, 5.74) is 38.2. The molecule has 0 aromatic carbocycles. The van der Waals surface area contributed by atoms with E-state index in [2.05, 4.69) is 111 Å². The number of nitrogen functional groups attached to an aromatic ring is 5. The molecule has 44 nitrogen and oxygen atoms in total. The van der Waals surface area contributed by atoms with Gasteiger partial charge in [-0.15, -0.1) is 0 Å². The summed E-state index contributed by atoms with van der Waals surface area (Å²) < 4.78 is 75.5. The highest BCUT2D eigenvalue weighted by Gasteiger charge is 2.55. The summed E-state index contributed by atoms with van der Waals surface area (Å²) in [7, 11) is 0. The van der Waals surface area contributed by atoms with Crippen LogP contribution >= 0.6 is 0 Å². The van der Waals surface area contributed by atoms with Gasteiger partial charge >= 0.3 is 0 Å². The SMILES string of the molecule is CC1(C)OCCn2c1nc1c(C3CC3)nc(-c3cnc(N)nc3)nc12.CC1(C)OCCn2c1nc1c(N3C4CCC3CC4)nc(-c3cnc(N)nc3)nc12.CC1(C)OCCn2c1nc1c(N3C[C@H]4CCC(F)(F)[C@H]4C3)nc(-c3cnc(N)nc3)nc12.CC1(C)OCCn2c1nc1c(OC3CCCC3)nc(-c3cnc(N)nc3)nc12.C[C@@H]1CC[C@H](C)N1c1nc(-c2cnc(N)nc2)nc2c1nc1n2CCOC1(C)C. The number of alkyl halides is 2. The van der Waals surface area contributed by atoms with Crippen molar-refractivity contribution < 1.29 is 37.2 Å². The van der Waals surface area contributed by atoms with Gasteiger partial charge in [0, 0.05) is 150 Å². The van der Waals surface area contributed by atoms with E-state index in [1.807, 2.05) is 64.9 Å². The van der Waals surface area contributed by atoms with E-state index in [1.54, 1.807) is 62.0 Å². The van der Waals surface area contributed by atoms with Gasteiger partial charge in [-0.3, -0.25) is 0 Å². The van der Waals surface area contributed by atoms with Crippen LogP contribution in [0.2, 0.25) is 0 Å². The Kier molecular flexibility index (Phi) is 22.9. The van der Waals surface area contributed by atoms with Crippen LogP contribution in [0, 0.1) is 11.8 Å². The Balaban J connectivity index is 0.0000000993. The lowest BCUT2D eigenvalue weighted by atomic mass is 9.99. The van der Waals surface area contributed by atoms with Crippen LogP contribution in [-0.2, 0) is 84.4 Å². The molecule has 2 bridgehead atoms. The molecule has 143 heavy (non-hydrogen) atoms. The van der Waals surface area contributed by atoms with Crippen LogP contribution in [0.5, 0.6) is 5.88 Å². The summed E-state index contributed by atoms with van der Waals surface area (Å²) in [6.45, 7) is 32.1. The van der Waals surface area contributed by atoms with Crippen LogP contribution in [0.15, 0.2) is 62.0 Å². The highest BCUT2D eigenvalue weighted by molar-refractivity contribution is 5.90. The maximum Gasteiger partial charge on any atom is 0.252 e. The summed E-state index contributed by atoms with van der Waals surface area (Å²) in [5.74, 6) is 8.17. The molecule has 0 radical (unpaired) electrons. The van der Waals surface area contributed by atoms with Crippen LogP contribution in [0.1, 0.15) is 214 Å². The third-order valence-corrected chi connectivity index (χ3v) is 29.7. The van der Waals surface area contributed by atoms with Crippen molar-refractivity contribution in [2.75, 3.05) is 89.5 Å². The van der Waals surface area contributed by atoms with E-state index in [9.17, 15) is 8.78 Å². The molecular formula is C97H116F2N38O6. The first-order valence-electron chi connectivity index (χ1n) is 49.5. The minimum absolute atomic E-state index is 0.0340. The van der Waals surface area contributed by atoms with Crippen LogP contribution in [0.3, 0.4) is 0 Å². The fraction of sp³-hybridized carbons (Fsp3) is 0.536. The third-order valence-electron chi connectivity index (χ3n) is 29.7. The zero-order chi connectivity index (χ0) is 98.8. The van der Waals surface area contributed by atoms with Gasteiger partial charge in [0.1, 0.15) is 68.7 Å². The van der Waals surface area contributed by atoms with Crippen molar-refractivity contribution in [1.82, 2.24) is 147 Å². The Hall–Kier alpha value is -14.0. The van der Waals surface area contributed by atoms with Crippen molar-refractivity contribution >= 4 is 103 Å². The van der Waals surface area contributed by atoms with Gasteiger partial charge in [0.15, 0.2) is 96.9 Å². The number of imidazole rings is 5. The number of ether oxygens (including phenoxy) is 6. The van der Waals surface area contributed by atoms with Crippen molar-refractivity contribution in [2.24, 2.45) is 11.8 Å². The van der Waals surface area contributed by atoms with Gasteiger partial charge in [-0.25, -0.2) is 128 Å². The number of hydrogen-bond acceptors (Lipinski definition) is 39. The van der Waals surface area contributed by atoms with Gasteiger partial charge in [0.05, 0.1) is 66.5 Å². The first-order chi connectivity index (χ1) is 68.6. The highest BCUT2D eigenvalue weighted by atomic mass is 19.3. The number of anilines is 8. The molecule has 15 aromatic rings. The Morgan fingerprint density at radius 1 is 0.329 bits per heavy atom. The standard InChI is InChI=1S/C21H24F2N8O.C20H24N8O.C20H26N8O.C19H23N7O2.C17H19N7O/c1-20(2)18-27-14-16(30-9-11-3-4-21(22,23)13(11)10-30)28-15(12-7-25-19(24)26-8-12)29-17(14)31(18)5-6-32-20;1-20(2)18-24-14-16(27(18)7-8-29-20)25-15(11-9-22-19(21)23-10-11)26-17(14)28-12-3-4-13(28)6-5-12;1-11-5-6-12(2)28(11)17-14-16(27-7-8-29-20(3,4)18(27)24-14)25-15(26-17)13-9-22-19(21)23-10-13;1-19(2)17-23-13-15(26(17)7-8-27-19)24-14(11-9-21-18(20)22-10-11)25-16(13)28-12-5-3-4-6-12;1-17(2)15-22-12-11(9-3-4-9)21-13(10-7-19-16(18)20-8-10)23-14(12)24(15)5-6-25-17/h7-8,11,13H,3-6,9-10H2,1-2H3,(H2,24,25,26);9-10,12-13H,3-8H2,1-2H3,(H2,21,22,23);9-12H,5-8H2,1-4H3,(H2,21,22,23);9-10,12H,3-8H2,1-2H3,(H2,20,21,22);7-9H,3-6H2,1-2H3,(H2,18,19,20)/t11-,13+;;11-,12+;;/m1..../s1. The zero-order valence-corrected chi connectivity index (χ0v) is 82.1. The fourth-order valence-electron chi connectivity index (χ4n) is 22.2. The first-order valence-corrected chi connectivity index (χ1v) is 49.5. The van der Waals surface area contributed by atoms with E-state index in [-0.39, 0.29) is 54.7 Å². The number of aromatic nitrogens is 30. The van der Waals surface area contributed by atoms with Crippen molar-refractivity contribution in [3.05, 3.63) is 96.8 Å². The van der Waals surface area contributed by atoms with Crippen LogP contribution < -0.4 is 48.1 Å². The lowest BCUT2D eigenvalue weighted by molar-refractivity contribution is -0.0532. The fourth-order valence-corrected chi connectivity index (χ4v) is 22.2. The molecule has 46 heteroatoms. The van der Waals surface area contributed by atoms with E-state index < -0.39 is 39.8 Å². The second kappa shape index (κ2) is 35.3. The van der Waals surface area contributed by atoms with E-state index in [0.29, 0.717) is 164 Å². The predicted octanol–water partition coefficient (Wildman–Crippen LogP) is 11.8. The summed E-state index contributed by atoms with van der Waals surface area (Å²) in [5, 5.41) is 0. The summed E-state index contributed by atoms with van der Waals surface area (Å²) in [6.07, 6.45) is 31.0. The molecule has 3 saturated carbocycles. The van der Waals surface area contributed by atoms with Crippen LogP contribution in [-0.4, -0.2) is 230 Å². The quantitative estimate of drug-likeness (QED) is 0.0803. The molecule has 0 amide bonds. The minimum atomic E-state index is -2.64. The molecule has 4 atom stereocenters. The van der Waals surface area contributed by atoms with Gasteiger partial charge in [0.2, 0.25) is 35.6 Å². The molecule has 9 aliphatic heterocycles. The number of hydrogen-bond donors (Lipinski definition) is 5. The van der Waals surface area contributed by atoms with E-state index >= 15 is 0 Å². The van der Waals surface area contributed by atoms with Crippen molar-refractivity contribution in [3.63, 3.8) is 0 Å². The molecule has 15 aromatic heterocycles.